The topological polar surface area (TPSA) is 124 Å². The molecule has 2 heterocycles. The third-order valence-corrected chi connectivity index (χ3v) is 4.62. The van der Waals surface area contributed by atoms with Crippen LogP contribution < -0.4 is 5.32 Å². The minimum atomic E-state index is -0.939. The molecule has 0 aliphatic carbocycles. The molecule has 1 aromatic carbocycles. The van der Waals surface area contributed by atoms with Crippen molar-refractivity contribution in [3.05, 3.63) is 42.0 Å². The van der Waals surface area contributed by atoms with E-state index in [9.17, 15) is 9.59 Å². The van der Waals surface area contributed by atoms with Crippen molar-refractivity contribution in [1.29, 1.82) is 5.26 Å². The lowest BCUT2D eigenvalue weighted by atomic mass is 10.0. The molecule has 3 rings (SSSR count). The summed E-state index contributed by atoms with van der Waals surface area (Å²) in [5.74, 6) is -0.335. The van der Waals surface area contributed by atoms with E-state index in [2.05, 4.69) is 15.4 Å². The Morgan fingerprint density at radius 1 is 1.46 bits per heavy atom. The number of amides is 2. The third kappa shape index (κ3) is 3.49. The third-order valence-electron chi connectivity index (χ3n) is 4.62. The largest absolute Gasteiger partial charge is 0.465 e. The van der Waals surface area contributed by atoms with Crippen LogP contribution in [0.1, 0.15) is 29.5 Å². The molecule has 2 atom stereocenters. The number of nitrogens with zero attached hydrogens (tertiary/aromatic N) is 5. The zero-order valence-electron chi connectivity index (χ0n) is 14.2. The Kier molecular flexibility index (Phi) is 4.84. The second-order valence-corrected chi connectivity index (χ2v) is 6.15. The van der Waals surface area contributed by atoms with E-state index in [4.69, 9.17) is 10.4 Å². The number of hydrogen-bond acceptors (Lipinski definition) is 5. The summed E-state index contributed by atoms with van der Waals surface area (Å²) in [7, 11) is 0. The van der Waals surface area contributed by atoms with Crippen molar-refractivity contribution in [3.63, 3.8) is 0 Å². The van der Waals surface area contributed by atoms with Crippen LogP contribution in [0.3, 0.4) is 0 Å². The van der Waals surface area contributed by atoms with Gasteiger partial charge in [-0.1, -0.05) is 6.07 Å². The lowest BCUT2D eigenvalue weighted by Crippen LogP contribution is -2.38. The van der Waals surface area contributed by atoms with Crippen molar-refractivity contribution in [2.75, 3.05) is 13.1 Å². The second-order valence-electron chi connectivity index (χ2n) is 6.15. The zero-order chi connectivity index (χ0) is 18.7. The quantitative estimate of drug-likeness (QED) is 0.852. The molecule has 9 nitrogen and oxygen atoms in total. The SMILES string of the molecule is C[C@@H]1[C@@H](CNC(=O)c2ncn(-c3cccc(C#N)c3)n2)CCN1C(=O)O. The molecule has 2 amide bonds. The van der Waals surface area contributed by atoms with Gasteiger partial charge in [0.25, 0.3) is 5.91 Å². The van der Waals surface area contributed by atoms with E-state index in [0.717, 1.165) is 0 Å². The van der Waals surface area contributed by atoms with Crippen LogP contribution in [0.5, 0.6) is 0 Å². The number of aromatic nitrogens is 3. The highest BCUT2D eigenvalue weighted by molar-refractivity contribution is 5.90. The molecule has 0 unspecified atom stereocenters. The first-order valence-electron chi connectivity index (χ1n) is 8.19. The molecular formula is C17H18N6O3. The van der Waals surface area contributed by atoms with Crippen LogP contribution in [-0.2, 0) is 0 Å². The molecule has 9 heteroatoms. The van der Waals surface area contributed by atoms with Crippen LogP contribution in [0.15, 0.2) is 30.6 Å². The average molecular weight is 354 g/mol. The van der Waals surface area contributed by atoms with Crippen molar-refractivity contribution in [2.24, 2.45) is 5.92 Å². The molecule has 0 radical (unpaired) electrons. The van der Waals surface area contributed by atoms with E-state index in [0.29, 0.717) is 30.8 Å². The van der Waals surface area contributed by atoms with Crippen LogP contribution in [0.2, 0.25) is 0 Å². The number of rotatable bonds is 4. The molecule has 1 saturated heterocycles. The number of nitrogens with one attached hydrogen (secondary N) is 1. The Balaban J connectivity index is 1.62. The average Bonchev–Trinajstić information content (AvgIpc) is 3.27. The van der Waals surface area contributed by atoms with E-state index >= 15 is 0 Å². The number of likely N-dealkylation sites (tertiary alicyclic amines) is 1. The zero-order valence-corrected chi connectivity index (χ0v) is 14.2. The molecule has 26 heavy (non-hydrogen) atoms. The first-order chi connectivity index (χ1) is 12.5. The van der Waals surface area contributed by atoms with E-state index in [-0.39, 0.29) is 17.8 Å². The summed E-state index contributed by atoms with van der Waals surface area (Å²) in [5, 5.41) is 25.0. The molecule has 1 aliphatic heterocycles. The summed E-state index contributed by atoms with van der Waals surface area (Å²) in [6, 6.07) is 8.72. The van der Waals surface area contributed by atoms with Gasteiger partial charge in [0.1, 0.15) is 6.33 Å². The van der Waals surface area contributed by atoms with Crippen molar-refractivity contribution in [3.8, 4) is 11.8 Å². The normalized spacial score (nSPS) is 19.2. The van der Waals surface area contributed by atoms with Gasteiger partial charge in [0, 0.05) is 19.1 Å². The highest BCUT2D eigenvalue weighted by atomic mass is 16.4. The minimum Gasteiger partial charge on any atom is -0.465 e. The molecule has 0 spiro atoms. The van der Waals surface area contributed by atoms with Crippen LogP contribution in [-0.4, -0.2) is 55.9 Å². The van der Waals surface area contributed by atoms with E-state index < -0.39 is 12.0 Å². The Morgan fingerprint density at radius 2 is 2.27 bits per heavy atom. The fourth-order valence-electron chi connectivity index (χ4n) is 3.06. The Labute approximate surface area is 149 Å². The monoisotopic (exact) mass is 354 g/mol. The fourth-order valence-corrected chi connectivity index (χ4v) is 3.06. The highest BCUT2D eigenvalue weighted by Gasteiger charge is 2.33. The minimum absolute atomic E-state index is 0.0214. The molecule has 1 aromatic heterocycles. The van der Waals surface area contributed by atoms with Gasteiger partial charge in [0.2, 0.25) is 5.82 Å². The Bertz CT molecular complexity index is 871. The van der Waals surface area contributed by atoms with E-state index in [1.807, 2.05) is 13.0 Å². The van der Waals surface area contributed by atoms with E-state index in [1.54, 1.807) is 24.3 Å². The van der Waals surface area contributed by atoms with Gasteiger partial charge >= 0.3 is 6.09 Å². The molecule has 1 aliphatic rings. The fraction of sp³-hybridized carbons (Fsp3) is 0.353. The standard InChI is InChI=1S/C17H18N6O3/c1-11-13(5-6-22(11)17(25)26)9-19-16(24)15-20-10-23(21-15)14-4-2-3-12(7-14)8-18/h2-4,7,10-11,13H,5-6,9H2,1H3,(H,19,24)(H,25,26)/t11-,13-/m1/s1. The maximum absolute atomic E-state index is 12.3. The summed E-state index contributed by atoms with van der Waals surface area (Å²) >= 11 is 0. The lowest BCUT2D eigenvalue weighted by Gasteiger charge is -2.21. The molecule has 1 fully saturated rings. The summed E-state index contributed by atoms with van der Waals surface area (Å²) in [6.07, 6.45) is 1.18. The predicted molar refractivity (Wildman–Crippen MR) is 90.7 cm³/mol. The summed E-state index contributed by atoms with van der Waals surface area (Å²) in [6.45, 7) is 2.68. The molecule has 2 N–H and O–H groups in total. The number of benzene rings is 1. The summed E-state index contributed by atoms with van der Waals surface area (Å²) in [5.41, 5.74) is 1.12. The number of hydrogen-bond donors (Lipinski definition) is 2. The van der Waals surface area contributed by atoms with Crippen molar-refractivity contribution in [1.82, 2.24) is 25.0 Å². The molecule has 2 aromatic rings. The highest BCUT2D eigenvalue weighted by Crippen LogP contribution is 2.23. The van der Waals surface area contributed by atoms with Gasteiger partial charge in [-0.05, 0) is 37.5 Å². The van der Waals surface area contributed by atoms with E-state index in [1.165, 1.54) is 15.9 Å². The van der Waals surface area contributed by atoms with Crippen molar-refractivity contribution < 1.29 is 14.7 Å². The lowest BCUT2D eigenvalue weighted by molar-refractivity contribution is 0.0933. The molecule has 134 valence electrons. The van der Waals surface area contributed by atoms with Gasteiger partial charge < -0.3 is 15.3 Å². The van der Waals surface area contributed by atoms with Crippen molar-refractivity contribution >= 4 is 12.0 Å². The van der Waals surface area contributed by atoms with Gasteiger partial charge in [-0.25, -0.2) is 14.5 Å². The van der Waals surface area contributed by atoms with Crippen LogP contribution in [0, 0.1) is 17.2 Å². The summed E-state index contributed by atoms with van der Waals surface area (Å²) in [4.78, 5) is 28.7. The smallest absolute Gasteiger partial charge is 0.407 e. The van der Waals surface area contributed by atoms with Crippen LogP contribution >= 0.6 is 0 Å². The van der Waals surface area contributed by atoms with Crippen LogP contribution in [0.25, 0.3) is 5.69 Å². The van der Waals surface area contributed by atoms with Gasteiger partial charge in [-0.15, -0.1) is 5.10 Å². The molecule has 0 saturated carbocycles. The maximum atomic E-state index is 12.3. The van der Waals surface area contributed by atoms with Gasteiger partial charge in [-0.3, -0.25) is 4.79 Å². The second kappa shape index (κ2) is 7.23. The van der Waals surface area contributed by atoms with Gasteiger partial charge in [0.05, 0.1) is 17.3 Å². The number of carboxylic acid groups (broad SMARTS) is 1. The van der Waals surface area contributed by atoms with Gasteiger partial charge in [0.15, 0.2) is 0 Å². The Morgan fingerprint density at radius 3 is 2.96 bits per heavy atom. The maximum Gasteiger partial charge on any atom is 0.407 e. The van der Waals surface area contributed by atoms with Gasteiger partial charge in [-0.2, -0.15) is 5.26 Å². The number of carbonyl (C=O) groups excluding carboxylic acids is 1. The summed E-state index contributed by atoms with van der Waals surface area (Å²) < 4.78 is 1.43. The Hall–Kier alpha value is -3.41. The van der Waals surface area contributed by atoms with Crippen molar-refractivity contribution in [2.45, 2.75) is 19.4 Å². The first kappa shape index (κ1) is 17.4. The predicted octanol–water partition coefficient (Wildman–Crippen LogP) is 1.26. The molecular weight excluding hydrogens is 336 g/mol. The number of carbonyl (C=O) groups is 2. The first-order valence-corrected chi connectivity index (χ1v) is 8.19. The number of nitriles is 1. The van der Waals surface area contributed by atoms with Crippen LogP contribution in [0.4, 0.5) is 4.79 Å². The molecule has 0 bridgehead atoms.